The topological polar surface area (TPSA) is 49.8 Å². The summed E-state index contributed by atoms with van der Waals surface area (Å²) in [6.45, 7) is 4.62. The number of carboxylic acids is 1. The molecule has 1 aromatic carbocycles. The number of likely N-dealkylation sites (tertiary alicyclic amines) is 1. The minimum Gasteiger partial charge on any atom is -0.478 e. The van der Waals surface area contributed by atoms with Gasteiger partial charge < -0.3 is 9.84 Å². The number of hydrogen-bond acceptors (Lipinski definition) is 3. The van der Waals surface area contributed by atoms with Crippen LogP contribution in [0.1, 0.15) is 35.7 Å². The Labute approximate surface area is 114 Å². The van der Waals surface area contributed by atoms with Gasteiger partial charge in [0.05, 0.1) is 11.2 Å². The van der Waals surface area contributed by atoms with Gasteiger partial charge in [0.15, 0.2) is 0 Å². The van der Waals surface area contributed by atoms with Crippen LogP contribution in [-0.4, -0.2) is 41.8 Å². The summed E-state index contributed by atoms with van der Waals surface area (Å²) in [6.07, 6.45) is 2.14. The van der Waals surface area contributed by atoms with Crippen LogP contribution < -0.4 is 0 Å². The van der Waals surface area contributed by atoms with Gasteiger partial charge in [-0.05, 0) is 37.9 Å². The number of ether oxygens (including phenoxy) is 1. The molecule has 0 spiro atoms. The lowest BCUT2D eigenvalue weighted by Gasteiger charge is -2.39. The van der Waals surface area contributed by atoms with Crippen molar-refractivity contribution in [2.24, 2.45) is 0 Å². The zero-order chi connectivity index (χ0) is 13.9. The zero-order valence-electron chi connectivity index (χ0n) is 11.6. The fourth-order valence-corrected chi connectivity index (χ4v) is 2.72. The minimum absolute atomic E-state index is 0.115. The molecule has 104 valence electrons. The van der Waals surface area contributed by atoms with Gasteiger partial charge in [-0.25, -0.2) is 4.79 Å². The maximum Gasteiger partial charge on any atom is 0.336 e. The summed E-state index contributed by atoms with van der Waals surface area (Å²) in [7, 11) is 1.74. The van der Waals surface area contributed by atoms with Crippen molar-refractivity contribution in [2.75, 3.05) is 20.2 Å². The molecule has 0 aromatic heterocycles. The molecule has 2 rings (SSSR count). The fourth-order valence-electron chi connectivity index (χ4n) is 2.72. The lowest BCUT2D eigenvalue weighted by atomic mass is 9.94. The Kier molecular flexibility index (Phi) is 4.22. The molecule has 19 heavy (non-hydrogen) atoms. The molecular formula is C15H21NO3. The highest BCUT2D eigenvalue weighted by atomic mass is 16.5. The molecule has 0 saturated carbocycles. The lowest BCUT2D eigenvalue weighted by molar-refractivity contribution is -0.0527. The molecule has 1 aromatic rings. The lowest BCUT2D eigenvalue weighted by Crippen LogP contribution is -2.47. The highest BCUT2D eigenvalue weighted by molar-refractivity contribution is 5.89. The van der Waals surface area contributed by atoms with Crippen molar-refractivity contribution < 1.29 is 14.6 Å². The van der Waals surface area contributed by atoms with Gasteiger partial charge in [-0.3, -0.25) is 4.90 Å². The van der Waals surface area contributed by atoms with Crippen molar-refractivity contribution >= 4 is 5.97 Å². The fraction of sp³-hybridized carbons (Fsp3) is 0.533. The van der Waals surface area contributed by atoms with Gasteiger partial charge in [-0.1, -0.05) is 18.2 Å². The number of carboxylic acid groups (broad SMARTS) is 1. The number of methoxy groups -OCH3 is 1. The van der Waals surface area contributed by atoms with Crippen LogP contribution in [0, 0.1) is 0 Å². The summed E-state index contributed by atoms with van der Waals surface area (Å²) in [6, 6.07) is 7.21. The Morgan fingerprint density at radius 3 is 2.89 bits per heavy atom. The third kappa shape index (κ3) is 3.33. The van der Waals surface area contributed by atoms with Crippen LogP contribution in [-0.2, 0) is 11.3 Å². The van der Waals surface area contributed by atoms with E-state index in [1.165, 1.54) is 0 Å². The quantitative estimate of drug-likeness (QED) is 0.906. The van der Waals surface area contributed by atoms with Crippen molar-refractivity contribution in [3.8, 4) is 0 Å². The molecule has 0 amide bonds. The summed E-state index contributed by atoms with van der Waals surface area (Å²) in [5, 5.41) is 9.20. The van der Waals surface area contributed by atoms with E-state index in [2.05, 4.69) is 11.8 Å². The average molecular weight is 263 g/mol. The molecular weight excluding hydrogens is 242 g/mol. The number of rotatable bonds is 4. The number of hydrogen-bond donors (Lipinski definition) is 1. The second-order valence-electron chi connectivity index (χ2n) is 5.43. The van der Waals surface area contributed by atoms with Crippen LogP contribution in [0.5, 0.6) is 0 Å². The highest BCUT2D eigenvalue weighted by Crippen LogP contribution is 2.25. The first-order chi connectivity index (χ1) is 9.04. The monoisotopic (exact) mass is 263 g/mol. The van der Waals surface area contributed by atoms with Gasteiger partial charge in [0.25, 0.3) is 0 Å². The average Bonchev–Trinajstić information content (AvgIpc) is 2.39. The maximum atomic E-state index is 11.2. The highest BCUT2D eigenvalue weighted by Gasteiger charge is 2.30. The van der Waals surface area contributed by atoms with E-state index in [0.717, 1.165) is 31.5 Å². The predicted octanol–water partition coefficient (Wildman–Crippen LogP) is 2.39. The summed E-state index contributed by atoms with van der Waals surface area (Å²) < 4.78 is 5.57. The first-order valence-corrected chi connectivity index (χ1v) is 6.63. The van der Waals surface area contributed by atoms with E-state index in [1.807, 2.05) is 12.1 Å². The summed E-state index contributed by atoms with van der Waals surface area (Å²) >= 11 is 0. The smallest absolute Gasteiger partial charge is 0.336 e. The normalized spacial score (nSPS) is 24.3. The van der Waals surface area contributed by atoms with Crippen LogP contribution in [0.3, 0.4) is 0 Å². The Balaban J connectivity index is 2.11. The van der Waals surface area contributed by atoms with Gasteiger partial charge in [0.2, 0.25) is 0 Å². The Morgan fingerprint density at radius 2 is 2.21 bits per heavy atom. The number of nitrogens with zero attached hydrogens (tertiary/aromatic N) is 1. The van der Waals surface area contributed by atoms with E-state index in [4.69, 9.17) is 4.74 Å². The van der Waals surface area contributed by atoms with E-state index in [0.29, 0.717) is 12.1 Å². The van der Waals surface area contributed by atoms with Crippen molar-refractivity contribution in [2.45, 2.75) is 31.9 Å². The van der Waals surface area contributed by atoms with E-state index in [-0.39, 0.29) is 5.60 Å². The molecule has 1 fully saturated rings. The van der Waals surface area contributed by atoms with Crippen LogP contribution >= 0.6 is 0 Å². The van der Waals surface area contributed by atoms with E-state index < -0.39 is 5.97 Å². The van der Waals surface area contributed by atoms with Gasteiger partial charge >= 0.3 is 5.97 Å². The summed E-state index contributed by atoms with van der Waals surface area (Å²) in [4.78, 5) is 13.5. The van der Waals surface area contributed by atoms with E-state index >= 15 is 0 Å². The first-order valence-electron chi connectivity index (χ1n) is 6.63. The Bertz CT molecular complexity index is 460. The molecule has 0 bridgehead atoms. The van der Waals surface area contributed by atoms with Crippen molar-refractivity contribution in [1.82, 2.24) is 4.90 Å². The number of piperidine rings is 1. The SMILES string of the molecule is COC1(C)CCCN(Cc2ccccc2C(=O)O)C1. The van der Waals surface area contributed by atoms with Crippen LogP contribution in [0.4, 0.5) is 0 Å². The van der Waals surface area contributed by atoms with Crippen LogP contribution in [0.15, 0.2) is 24.3 Å². The second kappa shape index (κ2) is 5.72. The van der Waals surface area contributed by atoms with Gasteiger partial charge in [-0.2, -0.15) is 0 Å². The molecule has 0 aliphatic carbocycles. The van der Waals surface area contributed by atoms with Crippen molar-refractivity contribution in [1.29, 1.82) is 0 Å². The number of carbonyl (C=O) groups is 1. The maximum absolute atomic E-state index is 11.2. The second-order valence-corrected chi connectivity index (χ2v) is 5.43. The van der Waals surface area contributed by atoms with Gasteiger partial charge in [0.1, 0.15) is 0 Å². The molecule has 4 heteroatoms. The standard InChI is InChI=1S/C15H21NO3/c1-15(19-2)8-5-9-16(11-15)10-12-6-3-4-7-13(12)14(17)18/h3-4,6-7H,5,8-11H2,1-2H3,(H,17,18). The predicted molar refractivity (Wildman–Crippen MR) is 73.3 cm³/mol. The van der Waals surface area contributed by atoms with Crippen LogP contribution in [0.2, 0.25) is 0 Å². The molecule has 1 unspecified atom stereocenters. The molecule has 1 N–H and O–H groups in total. The molecule has 0 radical (unpaired) electrons. The number of benzene rings is 1. The first kappa shape index (κ1) is 14.0. The Morgan fingerprint density at radius 1 is 1.47 bits per heavy atom. The largest absolute Gasteiger partial charge is 0.478 e. The third-order valence-corrected chi connectivity index (χ3v) is 3.87. The third-order valence-electron chi connectivity index (χ3n) is 3.87. The van der Waals surface area contributed by atoms with E-state index in [9.17, 15) is 9.90 Å². The minimum atomic E-state index is -0.859. The van der Waals surface area contributed by atoms with Crippen molar-refractivity contribution in [3.63, 3.8) is 0 Å². The summed E-state index contributed by atoms with van der Waals surface area (Å²) in [5.41, 5.74) is 1.15. The zero-order valence-corrected chi connectivity index (χ0v) is 11.6. The van der Waals surface area contributed by atoms with Gasteiger partial charge in [-0.15, -0.1) is 0 Å². The Hall–Kier alpha value is -1.39. The summed E-state index contributed by atoms with van der Waals surface area (Å²) in [5.74, 6) is -0.859. The van der Waals surface area contributed by atoms with Gasteiger partial charge in [0, 0.05) is 20.2 Å². The molecule has 4 nitrogen and oxygen atoms in total. The molecule has 1 saturated heterocycles. The number of aromatic carboxylic acids is 1. The molecule has 1 aliphatic rings. The molecule has 1 atom stereocenters. The van der Waals surface area contributed by atoms with E-state index in [1.54, 1.807) is 19.2 Å². The molecule has 1 aliphatic heterocycles. The van der Waals surface area contributed by atoms with Crippen molar-refractivity contribution in [3.05, 3.63) is 35.4 Å². The molecule has 1 heterocycles. The van der Waals surface area contributed by atoms with Crippen LogP contribution in [0.25, 0.3) is 0 Å².